The second-order valence-corrected chi connectivity index (χ2v) is 9.25. The number of fused-ring (bicyclic) bond motifs is 1. The summed E-state index contributed by atoms with van der Waals surface area (Å²) in [5.41, 5.74) is 1.39. The van der Waals surface area contributed by atoms with Crippen molar-refractivity contribution in [2.24, 2.45) is 0 Å². The van der Waals surface area contributed by atoms with E-state index in [4.69, 9.17) is 0 Å². The molecule has 0 radical (unpaired) electrons. The molecule has 0 fully saturated rings. The van der Waals surface area contributed by atoms with Gasteiger partial charge in [-0.05, 0) is 59.3 Å². The zero-order valence-electron chi connectivity index (χ0n) is 11.3. The lowest BCUT2D eigenvalue weighted by molar-refractivity contribution is 0.600. The molecular weight excluding hydrogens is 452 g/mol. The van der Waals surface area contributed by atoms with Gasteiger partial charge in [-0.15, -0.1) is 11.3 Å². The lowest BCUT2D eigenvalue weighted by Gasteiger charge is -2.10. The number of hydrogen-bond acceptors (Lipinski definition) is 4. The normalized spacial score (nSPS) is 11.8. The fourth-order valence-corrected chi connectivity index (χ4v) is 5.42. The molecule has 1 heterocycles. The molecule has 1 aromatic heterocycles. The smallest absolute Gasteiger partial charge is 0.263 e. The van der Waals surface area contributed by atoms with Crippen LogP contribution in [0.4, 0.5) is 5.69 Å². The predicted octanol–water partition coefficient (Wildman–Crippen LogP) is 4.93. The molecule has 0 unspecified atom stereocenters. The first-order chi connectivity index (χ1) is 10.3. The third-order valence-corrected chi connectivity index (χ3v) is 6.73. The van der Waals surface area contributed by atoms with Crippen LogP contribution in [-0.2, 0) is 10.0 Å². The number of anilines is 1. The number of rotatable bonds is 3. The van der Waals surface area contributed by atoms with Gasteiger partial charge in [0.25, 0.3) is 10.0 Å². The van der Waals surface area contributed by atoms with Crippen molar-refractivity contribution in [3.8, 4) is 0 Å². The van der Waals surface area contributed by atoms with E-state index in [0.717, 1.165) is 15.2 Å². The molecule has 2 aromatic carbocycles. The van der Waals surface area contributed by atoms with E-state index in [-0.39, 0.29) is 4.90 Å². The van der Waals surface area contributed by atoms with Crippen LogP contribution < -0.4 is 4.72 Å². The van der Waals surface area contributed by atoms with Gasteiger partial charge in [-0.25, -0.2) is 13.4 Å². The highest BCUT2D eigenvalue weighted by Gasteiger charge is 2.18. The van der Waals surface area contributed by atoms with E-state index in [9.17, 15) is 8.42 Å². The minimum absolute atomic E-state index is 0.183. The number of benzene rings is 2. The summed E-state index contributed by atoms with van der Waals surface area (Å²) in [6.45, 7) is 1.92. The Morgan fingerprint density at radius 3 is 2.68 bits per heavy atom. The van der Waals surface area contributed by atoms with Crippen molar-refractivity contribution in [1.82, 2.24) is 4.98 Å². The summed E-state index contributed by atoms with van der Waals surface area (Å²) in [5.74, 6) is 0. The van der Waals surface area contributed by atoms with Crippen LogP contribution in [0.5, 0.6) is 0 Å². The molecule has 3 aromatic rings. The number of halogens is 2. The number of hydrogen-bond donors (Lipinski definition) is 1. The number of nitrogens with one attached hydrogen (secondary N) is 1. The van der Waals surface area contributed by atoms with Crippen molar-refractivity contribution in [1.29, 1.82) is 0 Å². The SMILES string of the molecule is Cc1nc2ccc(NS(=O)(=O)c3cc(Br)ccc3Br)cc2s1. The Labute approximate surface area is 148 Å². The maximum absolute atomic E-state index is 12.5. The standard InChI is InChI=1S/C14H10Br2N2O2S2/c1-8-17-12-5-3-10(7-13(12)21-8)18-22(19,20)14-6-9(15)2-4-11(14)16/h2-7,18H,1H3. The lowest BCUT2D eigenvalue weighted by Crippen LogP contribution is -2.13. The van der Waals surface area contributed by atoms with Gasteiger partial charge >= 0.3 is 0 Å². The second kappa shape index (κ2) is 5.92. The highest BCUT2D eigenvalue weighted by Crippen LogP contribution is 2.29. The van der Waals surface area contributed by atoms with Gasteiger partial charge in [-0.2, -0.15) is 0 Å². The lowest BCUT2D eigenvalue weighted by atomic mass is 10.3. The minimum atomic E-state index is -3.67. The maximum atomic E-state index is 12.5. The molecule has 1 N–H and O–H groups in total. The molecule has 114 valence electrons. The first-order valence-electron chi connectivity index (χ1n) is 6.20. The summed E-state index contributed by atoms with van der Waals surface area (Å²) in [6, 6.07) is 10.3. The average Bonchev–Trinajstić information content (AvgIpc) is 2.80. The van der Waals surface area contributed by atoms with E-state index in [1.165, 1.54) is 11.3 Å². The van der Waals surface area contributed by atoms with Crippen molar-refractivity contribution in [3.63, 3.8) is 0 Å². The van der Waals surface area contributed by atoms with Gasteiger partial charge in [0.2, 0.25) is 0 Å². The molecule has 0 aliphatic heterocycles. The van der Waals surface area contributed by atoms with Crippen LogP contribution in [0.25, 0.3) is 10.2 Å². The zero-order chi connectivity index (χ0) is 15.9. The molecule has 8 heteroatoms. The third-order valence-electron chi connectivity index (χ3n) is 2.93. The molecule has 0 saturated carbocycles. The number of nitrogens with zero attached hydrogens (tertiary/aromatic N) is 1. The third kappa shape index (κ3) is 3.19. The van der Waals surface area contributed by atoms with Crippen LogP contribution in [0.2, 0.25) is 0 Å². The van der Waals surface area contributed by atoms with Gasteiger partial charge in [0.05, 0.1) is 20.9 Å². The number of aromatic nitrogens is 1. The summed E-state index contributed by atoms with van der Waals surface area (Å²) in [7, 11) is -3.67. The Morgan fingerprint density at radius 2 is 1.91 bits per heavy atom. The molecule has 0 saturated heterocycles. The van der Waals surface area contributed by atoms with E-state index in [0.29, 0.717) is 14.6 Å². The molecular formula is C14H10Br2N2O2S2. The largest absolute Gasteiger partial charge is 0.280 e. The van der Waals surface area contributed by atoms with E-state index in [1.54, 1.807) is 30.3 Å². The highest BCUT2D eigenvalue weighted by atomic mass is 79.9. The second-order valence-electron chi connectivity index (χ2n) is 4.60. The van der Waals surface area contributed by atoms with Gasteiger partial charge in [0.15, 0.2) is 0 Å². The Hall–Kier alpha value is -0.960. The van der Waals surface area contributed by atoms with Crippen LogP contribution >= 0.6 is 43.2 Å². The van der Waals surface area contributed by atoms with Gasteiger partial charge in [0.1, 0.15) is 4.90 Å². The maximum Gasteiger partial charge on any atom is 0.263 e. The Kier molecular flexibility index (Phi) is 4.28. The monoisotopic (exact) mass is 460 g/mol. The molecule has 0 spiro atoms. The Balaban J connectivity index is 2.00. The zero-order valence-corrected chi connectivity index (χ0v) is 16.1. The van der Waals surface area contributed by atoms with Gasteiger partial charge < -0.3 is 0 Å². The molecule has 0 bridgehead atoms. The molecule has 0 aliphatic carbocycles. The predicted molar refractivity (Wildman–Crippen MR) is 97.0 cm³/mol. The summed E-state index contributed by atoms with van der Waals surface area (Å²) in [4.78, 5) is 4.55. The van der Waals surface area contributed by atoms with Gasteiger partial charge in [-0.3, -0.25) is 4.72 Å². The van der Waals surface area contributed by atoms with Gasteiger partial charge in [-0.1, -0.05) is 15.9 Å². The summed E-state index contributed by atoms with van der Waals surface area (Å²) in [5, 5.41) is 0.949. The van der Waals surface area contributed by atoms with Crippen LogP contribution in [0.15, 0.2) is 50.2 Å². The fourth-order valence-electron chi connectivity index (χ4n) is 2.00. The topological polar surface area (TPSA) is 59.1 Å². The average molecular weight is 462 g/mol. The molecule has 0 aliphatic rings. The first-order valence-corrected chi connectivity index (χ1v) is 10.1. The molecule has 3 rings (SSSR count). The van der Waals surface area contributed by atoms with Crippen molar-refractivity contribution in [2.45, 2.75) is 11.8 Å². The van der Waals surface area contributed by atoms with E-state index >= 15 is 0 Å². The quantitative estimate of drug-likeness (QED) is 0.601. The van der Waals surface area contributed by atoms with Crippen LogP contribution in [0, 0.1) is 6.92 Å². The molecule has 0 amide bonds. The summed E-state index contributed by atoms with van der Waals surface area (Å²) >= 11 is 8.10. The summed E-state index contributed by atoms with van der Waals surface area (Å²) in [6.07, 6.45) is 0. The molecule has 0 atom stereocenters. The van der Waals surface area contributed by atoms with E-state index in [2.05, 4.69) is 41.6 Å². The molecule has 4 nitrogen and oxygen atoms in total. The van der Waals surface area contributed by atoms with E-state index in [1.807, 2.05) is 13.0 Å². The van der Waals surface area contributed by atoms with Crippen LogP contribution in [0.3, 0.4) is 0 Å². The van der Waals surface area contributed by atoms with Crippen molar-refractivity contribution in [2.75, 3.05) is 4.72 Å². The minimum Gasteiger partial charge on any atom is -0.280 e. The fraction of sp³-hybridized carbons (Fsp3) is 0.0714. The van der Waals surface area contributed by atoms with E-state index < -0.39 is 10.0 Å². The van der Waals surface area contributed by atoms with Crippen molar-refractivity contribution < 1.29 is 8.42 Å². The highest BCUT2D eigenvalue weighted by molar-refractivity contribution is 9.11. The van der Waals surface area contributed by atoms with Crippen LogP contribution in [-0.4, -0.2) is 13.4 Å². The summed E-state index contributed by atoms with van der Waals surface area (Å²) < 4.78 is 29.8. The Bertz CT molecular complexity index is 968. The number of sulfonamides is 1. The number of thiazole rings is 1. The van der Waals surface area contributed by atoms with Gasteiger partial charge in [0, 0.05) is 8.95 Å². The first kappa shape index (κ1) is 15.9. The Morgan fingerprint density at radius 1 is 1.14 bits per heavy atom. The van der Waals surface area contributed by atoms with Crippen LogP contribution in [0.1, 0.15) is 5.01 Å². The van der Waals surface area contributed by atoms with Crippen molar-refractivity contribution >= 4 is 69.1 Å². The number of aryl methyl sites for hydroxylation is 1. The van der Waals surface area contributed by atoms with Crippen molar-refractivity contribution in [3.05, 3.63) is 50.4 Å². The molecule has 22 heavy (non-hydrogen) atoms.